The van der Waals surface area contributed by atoms with Gasteiger partial charge in [0, 0.05) is 18.4 Å². The number of rotatable bonds is 3. The fourth-order valence-electron chi connectivity index (χ4n) is 0.977. The summed E-state index contributed by atoms with van der Waals surface area (Å²) in [5, 5.41) is 9.07. The third-order valence-electron chi connectivity index (χ3n) is 1.60. The van der Waals surface area contributed by atoms with Crippen molar-refractivity contribution < 1.29 is 5.11 Å². The molecule has 13 heavy (non-hydrogen) atoms. The molecule has 0 aliphatic heterocycles. The van der Waals surface area contributed by atoms with Crippen molar-refractivity contribution in [1.29, 1.82) is 0 Å². The van der Waals surface area contributed by atoms with E-state index in [2.05, 4.69) is 4.98 Å². The van der Waals surface area contributed by atoms with Crippen molar-refractivity contribution in [1.82, 2.24) is 4.98 Å². The lowest BCUT2D eigenvalue weighted by molar-refractivity contribution is 0.303. The summed E-state index contributed by atoms with van der Waals surface area (Å²) >= 11 is 5.85. The molecule has 0 spiro atoms. The molecule has 3 heteroatoms. The number of aliphatic hydroxyl groups is 1. The second-order valence-corrected chi connectivity index (χ2v) is 3.17. The first-order chi connectivity index (χ1) is 6.24. The lowest BCUT2D eigenvalue weighted by Gasteiger charge is -1.98. The van der Waals surface area contributed by atoms with Gasteiger partial charge in [-0.05, 0) is 25.0 Å². The number of nitrogens with zero attached hydrogens (tertiary/aromatic N) is 1. The van der Waals surface area contributed by atoms with Crippen molar-refractivity contribution in [2.24, 2.45) is 0 Å². The number of pyridine rings is 1. The Balaban J connectivity index is 2.81. The molecule has 0 unspecified atom stereocenters. The van der Waals surface area contributed by atoms with E-state index in [0.29, 0.717) is 11.6 Å². The fourth-order valence-corrected chi connectivity index (χ4v) is 1.14. The van der Waals surface area contributed by atoms with Crippen LogP contribution in [0.5, 0.6) is 0 Å². The highest BCUT2D eigenvalue weighted by atomic mass is 35.5. The first kappa shape index (κ1) is 10.2. The molecule has 0 atom stereocenters. The van der Waals surface area contributed by atoms with Gasteiger partial charge in [-0.2, -0.15) is 0 Å². The Morgan fingerprint density at radius 2 is 2.38 bits per heavy atom. The smallest absolute Gasteiger partial charge is 0.136 e. The van der Waals surface area contributed by atoms with E-state index in [1.54, 1.807) is 6.20 Å². The zero-order chi connectivity index (χ0) is 9.68. The lowest BCUT2D eigenvalue weighted by Crippen LogP contribution is -1.83. The molecule has 1 N–H and O–H groups in total. The maximum atomic E-state index is 8.57. The molecule has 0 saturated carbocycles. The number of aromatic nitrogens is 1. The third-order valence-corrected chi connectivity index (χ3v) is 1.91. The van der Waals surface area contributed by atoms with E-state index in [1.165, 1.54) is 0 Å². The second kappa shape index (κ2) is 5.00. The van der Waals surface area contributed by atoms with E-state index in [4.69, 9.17) is 16.7 Å². The monoisotopic (exact) mass is 197 g/mol. The van der Waals surface area contributed by atoms with E-state index in [-0.39, 0.29) is 6.61 Å². The van der Waals surface area contributed by atoms with Crippen LogP contribution in [-0.4, -0.2) is 16.7 Å². The molecule has 0 fully saturated rings. The van der Waals surface area contributed by atoms with Crippen LogP contribution < -0.4 is 0 Å². The van der Waals surface area contributed by atoms with Crippen molar-refractivity contribution in [3.63, 3.8) is 0 Å². The van der Waals surface area contributed by atoms with Gasteiger partial charge in [-0.15, -0.1) is 0 Å². The van der Waals surface area contributed by atoms with E-state index in [1.807, 2.05) is 25.1 Å². The molecule has 1 aromatic rings. The predicted octanol–water partition coefficient (Wildman–Crippen LogP) is 2.44. The standard InChI is InChI=1S/C10H12ClNO/c1-8-6-9(4-2-3-5-13)10(11)12-7-8/h2,4,6-7,13H,3,5H2,1H3. The Bertz CT molecular complexity index is 310. The van der Waals surface area contributed by atoms with Crippen LogP contribution in [0, 0.1) is 6.92 Å². The molecule has 0 bridgehead atoms. The van der Waals surface area contributed by atoms with E-state index in [0.717, 1.165) is 11.1 Å². The highest BCUT2D eigenvalue weighted by molar-refractivity contribution is 6.30. The van der Waals surface area contributed by atoms with Crippen LogP contribution in [0.25, 0.3) is 6.08 Å². The number of hydrogen-bond acceptors (Lipinski definition) is 2. The molecule has 1 aromatic heterocycles. The Hall–Kier alpha value is -0.860. The van der Waals surface area contributed by atoms with Crippen molar-refractivity contribution in [3.05, 3.63) is 34.6 Å². The van der Waals surface area contributed by atoms with Crippen LogP contribution in [0.15, 0.2) is 18.3 Å². The fraction of sp³-hybridized carbons (Fsp3) is 0.300. The van der Waals surface area contributed by atoms with Gasteiger partial charge < -0.3 is 5.11 Å². The maximum absolute atomic E-state index is 8.57. The lowest BCUT2D eigenvalue weighted by atomic mass is 10.2. The Morgan fingerprint density at radius 1 is 1.62 bits per heavy atom. The minimum atomic E-state index is 0.160. The first-order valence-corrected chi connectivity index (χ1v) is 4.51. The highest BCUT2D eigenvalue weighted by Gasteiger charge is 1.96. The van der Waals surface area contributed by atoms with Gasteiger partial charge in [0.25, 0.3) is 0 Å². The summed E-state index contributed by atoms with van der Waals surface area (Å²) in [6.45, 7) is 2.13. The number of hydrogen-bond donors (Lipinski definition) is 1. The molecule has 70 valence electrons. The summed E-state index contributed by atoms with van der Waals surface area (Å²) in [7, 11) is 0. The van der Waals surface area contributed by atoms with E-state index in [9.17, 15) is 0 Å². The average Bonchev–Trinajstić information content (AvgIpc) is 2.11. The SMILES string of the molecule is Cc1cnc(Cl)c(C=CCCO)c1. The highest BCUT2D eigenvalue weighted by Crippen LogP contribution is 2.15. The molecular formula is C10H12ClNO. The molecule has 0 aliphatic carbocycles. The number of halogens is 1. The molecule has 0 aromatic carbocycles. The minimum Gasteiger partial charge on any atom is -0.396 e. The summed E-state index contributed by atoms with van der Waals surface area (Å²) in [5.41, 5.74) is 1.98. The van der Waals surface area contributed by atoms with E-state index < -0.39 is 0 Å². The molecule has 0 radical (unpaired) electrons. The molecule has 1 heterocycles. The van der Waals surface area contributed by atoms with Crippen molar-refractivity contribution in [2.45, 2.75) is 13.3 Å². The van der Waals surface area contributed by atoms with Crippen LogP contribution >= 0.6 is 11.6 Å². The summed E-state index contributed by atoms with van der Waals surface area (Å²) < 4.78 is 0. The largest absolute Gasteiger partial charge is 0.396 e. The summed E-state index contributed by atoms with van der Waals surface area (Å²) in [4.78, 5) is 4.01. The van der Waals surface area contributed by atoms with Crippen LogP contribution in [-0.2, 0) is 0 Å². The average molecular weight is 198 g/mol. The van der Waals surface area contributed by atoms with Gasteiger partial charge in [-0.3, -0.25) is 0 Å². The van der Waals surface area contributed by atoms with Gasteiger partial charge in [0.1, 0.15) is 5.15 Å². The summed E-state index contributed by atoms with van der Waals surface area (Å²) in [5.74, 6) is 0. The van der Waals surface area contributed by atoms with Gasteiger partial charge in [0.2, 0.25) is 0 Å². The molecular weight excluding hydrogens is 186 g/mol. The topological polar surface area (TPSA) is 33.1 Å². The quantitative estimate of drug-likeness (QED) is 0.756. The van der Waals surface area contributed by atoms with Crippen LogP contribution in [0.2, 0.25) is 5.15 Å². The Kier molecular flexibility index (Phi) is 3.93. The Morgan fingerprint density at radius 3 is 3.08 bits per heavy atom. The zero-order valence-electron chi connectivity index (χ0n) is 7.50. The number of aryl methyl sites for hydroxylation is 1. The molecule has 2 nitrogen and oxygen atoms in total. The molecule has 1 rings (SSSR count). The van der Waals surface area contributed by atoms with Gasteiger partial charge in [0.05, 0.1) is 0 Å². The predicted molar refractivity (Wildman–Crippen MR) is 54.7 cm³/mol. The van der Waals surface area contributed by atoms with Crippen molar-refractivity contribution in [3.8, 4) is 0 Å². The third kappa shape index (κ3) is 3.17. The summed E-state index contributed by atoms with van der Waals surface area (Å²) in [6, 6.07) is 1.96. The maximum Gasteiger partial charge on any atom is 0.136 e. The van der Waals surface area contributed by atoms with Crippen LogP contribution in [0.3, 0.4) is 0 Å². The molecule has 0 aliphatic rings. The Labute approximate surface area is 82.9 Å². The van der Waals surface area contributed by atoms with Crippen LogP contribution in [0.4, 0.5) is 0 Å². The van der Waals surface area contributed by atoms with Crippen molar-refractivity contribution in [2.75, 3.05) is 6.61 Å². The minimum absolute atomic E-state index is 0.160. The molecule has 0 saturated heterocycles. The normalized spacial score (nSPS) is 11.0. The van der Waals surface area contributed by atoms with E-state index >= 15 is 0 Å². The van der Waals surface area contributed by atoms with Crippen molar-refractivity contribution >= 4 is 17.7 Å². The van der Waals surface area contributed by atoms with Gasteiger partial charge in [-0.25, -0.2) is 4.98 Å². The second-order valence-electron chi connectivity index (χ2n) is 2.81. The van der Waals surface area contributed by atoms with Gasteiger partial charge >= 0.3 is 0 Å². The van der Waals surface area contributed by atoms with Crippen LogP contribution in [0.1, 0.15) is 17.5 Å². The number of aliphatic hydroxyl groups excluding tert-OH is 1. The first-order valence-electron chi connectivity index (χ1n) is 4.13. The van der Waals surface area contributed by atoms with Gasteiger partial charge in [-0.1, -0.05) is 23.8 Å². The molecule has 0 amide bonds. The summed E-state index contributed by atoms with van der Waals surface area (Å²) in [6.07, 6.45) is 6.12. The zero-order valence-corrected chi connectivity index (χ0v) is 8.25. The van der Waals surface area contributed by atoms with Gasteiger partial charge in [0.15, 0.2) is 0 Å².